The fraction of sp³-hybridized carbons (Fsp3) is 0.400. The Balaban J connectivity index is 1.83. The average molecular weight is 293 g/mol. The first-order valence-corrected chi connectivity index (χ1v) is 8.04. The summed E-state index contributed by atoms with van der Waals surface area (Å²) in [7, 11) is 0. The van der Waals surface area contributed by atoms with E-state index in [1.54, 1.807) is 6.08 Å². The van der Waals surface area contributed by atoms with Gasteiger partial charge in [0.15, 0.2) is 0 Å². The molecule has 0 saturated heterocycles. The molecule has 114 valence electrons. The summed E-state index contributed by atoms with van der Waals surface area (Å²) in [6.07, 6.45) is 11.5. The minimum atomic E-state index is 0.565. The highest BCUT2D eigenvalue weighted by Gasteiger charge is 2.23. The molecule has 0 spiro atoms. The van der Waals surface area contributed by atoms with E-state index in [2.05, 4.69) is 12.6 Å². The van der Waals surface area contributed by atoms with Gasteiger partial charge in [0, 0.05) is 0 Å². The maximum Gasteiger partial charge on any atom is 0.142 e. The van der Waals surface area contributed by atoms with E-state index in [9.17, 15) is 4.79 Å². The van der Waals surface area contributed by atoms with Gasteiger partial charge in [0.1, 0.15) is 6.29 Å². The largest absolute Gasteiger partial charge is 0.299 e. The van der Waals surface area contributed by atoms with Gasteiger partial charge in [-0.3, -0.25) is 4.79 Å². The quantitative estimate of drug-likeness (QED) is 0.552. The number of benzene rings is 1. The smallest absolute Gasteiger partial charge is 0.142 e. The van der Waals surface area contributed by atoms with Crippen molar-refractivity contribution in [2.75, 3.05) is 0 Å². The summed E-state index contributed by atoms with van der Waals surface area (Å²) in [4.78, 5) is 10.2. The standard InChI is InChI=1S/C20H23NO/c1-16(20-12-8-18(15-21)9-13-20)19-10-6-17(7-11-19)5-3-2-4-14-22/h2,4,8-9,12-14,17,19H,1,3,5-7,10-11H2/b4-2+/t17-,19-. The van der Waals surface area contributed by atoms with Gasteiger partial charge < -0.3 is 0 Å². The molecule has 1 aliphatic rings. The van der Waals surface area contributed by atoms with Crippen molar-refractivity contribution in [3.05, 3.63) is 54.1 Å². The minimum absolute atomic E-state index is 0.565. The second kappa shape index (κ2) is 8.34. The molecule has 0 atom stereocenters. The molecule has 0 amide bonds. The summed E-state index contributed by atoms with van der Waals surface area (Å²) < 4.78 is 0. The number of hydrogen-bond acceptors (Lipinski definition) is 2. The van der Waals surface area contributed by atoms with Crippen molar-refractivity contribution in [1.82, 2.24) is 0 Å². The van der Waals surface area contributed by atoms with Gasteiger partial charge in [-0.25, -0.2) is 0 Å². The molecule has 0 radical (unpaired) electrons. The zero-order chi connectivity index (χ0) is 15.8. The molecule has 2 rings (SSSR count). The van der Waals surface area contributed by atoms with Crippen LogP contribution in [0.2, 0.25) is 0 Å². The normalized spacial score (nSPS) is 21.4. The van der Waals surface area contributed by atoms with Crippen LogP contribution in [-0.2, 0) is 4.79 Å². The SMILES string of the molecule is C=C(c1ccc(C#N)cc1)[C@H]1CC[C@H](CC/C=C/C=O)CC1. The zero-order valence-corrected chi connectivity index (χ0v) is 13.0. The number of carbonyl (C=O) groups is 1. The highest BCUT2D eigenvalue weighted by molar-refractivity contribution is 5.66. The molecule has 1 saturated carbocycles. The second-order valence-electron chi connectivity index (χ2n) is 6.07. The molecule has 1 aliphatic carbocycles. The minimum Gasteiger partial charge on any atom is -0.299 e. The highest BCUT2D eigenvalue weighted by Crippen LogP contribution is 2.38. The molecular weight excluding hydrogens is 270 g/mol. The Morgan fingerprint density at radius 2 is 1.91 bits per heavy atom. The third-order valence-electron chi connectivity index (χ3n) is 4.68. The van der Waals surface area contributed by atoms with Crippen LogP contribution in [0, 0.1) is 23.2 Å². The average Bonchev–Trinajstić information content (AvgIpc) is 2.59. The monoisotopic (exact) mass is 293 g/mol. The first-order chi connectivity index (χ1) is 10.7. The predicted molar refractivity (Wildman–Crippen MR) is 90.1 cm³/mol. The van der Waals surface area contributed by atoms with Crippen LogP contribution in [0.4, 0.5) is 0 Å². The molecule has 22 heavy (non-hydrogen) atoms. The summed E-state index contributed by atoms with van der Waals surface area (Å²) >= 11 is 0. The Morgan fingerprint density at radius 1 is 1.23 bits per heavy atom. The van der Waals surface area contributed by atoms with E-state index >= 15 is 0 Å². The Morgan fingerprint density at radius 3 is 2.50 bits per heavy atom. The fourth-order valence-corrected chi connectivity index (χ4v) is 3.28. The second-order valence-corrected chi connectivity index (χ2v) is 6.07. The van der Waals surface area contributed by atoms with Gasteiger partial charge in [0.2, 0.25) is 0 Å². The molecule has 0 aliphatic heterocycles. The molecule has 1 aromatic carbocycles. The van der Waals surface area contributed by atoms with E-state index in [-0.39, 0.29) is 0 Å². The third-order valence-corrected chi connectivity index (χ3v) is 4.68. The highest BCUT2D eigenvalue weighted by atomic mass is 16.1. The van der Waals surface area contributed by atoms with E-state index in [1.807, 2.05) is 30.3 Å². The Labute approximate surface area is 133 Å². The summed E-state index contributed by atoms with van der Waals surface area (Å²) in [5.41, 5.74) is 3.07. The van der Waals surface area contributed by atoms with Crippen molar-refractivity contribution >= 4 is 11.9 Å². The van der Waals surface area contributed by atoms with Crippen molar-refractivity contribution in [2.24, 2.45) is 11.8 Å². The molecule has 0 bridgehead atoms. The zero-order valence-electron chi connectivity index (χ0n) is 13.0. The van der Waals surface area contributed by atoms with E-state index in [0.717, 1.165) is 24.2 Å². The number of nitriles is 1. The van der Waals surface area contributed by atoms with Gasteiger partial charge >= 0.3 is 0 Å². The van der Waals surface area contributed by atoms with Gasteiger partial charge in [0.05, 0.1) is 11.6 Å². The van der Waals surface area contributed by atoms with Crippen molar-refractivity contribution < 1.29 is 4.79 Å². The van der Waals surface area contributed by atoms with Crippen LogP contribution < -0.4 is 0 Å². The number of rotatable bonds is 6. The molecule has 2 heteroatoms. The molecule has 1 fully saturated rings. The molecular formula is C20H23NO. The molecule has 0 heterocycles. The van der Waals surface area contributed by atoms with Crippen molar-refractivity contribution in [3.63, 3.8) is 0 Å². The van der Waals surface area contributed by atoms with Gasteiger partial charge in [-0.2, -0.15) is 5.26 Å². The van der Waals surface area contributed by atoms with E-state index in [1.165, 1.54) is 37.7 Å². The summed E-state index contributed by atoms with van der Waals surface area (Å²) in [5, 5.41) is 8.85. The van der Waals surface area contributed by atoms with Crippen molar-refractivity contribution in [2.45, 2.75) is 38.5 Å². The lowest BCUT2D eigenvalue weighted by molar-refractivity contribution is -0.104. The van der Waals surface area contributed by atoms with Crippen LogP contribution in [-0.4, -0.2) is 6.29 Å². The van der Waals surface area contributed by atoms with Gasteiger partial charge in [-0.1, -0.05) is 24.8 Å². The van der Waals surface area contributed by atoms with Gasteiger partial charge in [0.25, 0.3) is 0 Å². The Hall–Kier alpha value is -2.14. The van der Waals surface area contributed by atoms with Crippen LogP contribution in [0.1, 0.15) is 49.7 Å². The van der Waals surface area contributed by atoms with Crippen LogP contribution in [0.3, 0.4) is 0 Å². The first-order valence-electron chi connectivity index (χ1n) is 8.04. The van der Waals surface area contributed by atoms with Crippen LogP contribution in [0.25, 0.3) is 5.57 Å². The van der Waals surface area contributed by atoms with E-state index in [4.69, 9.17) is 5.26 Å². The number of aldehydes is 1. The summed E-state index contributed by atoms with van der Waals surface area (Å²) in [6, 6.07) is 9.91. The predicted octanol–water partition coefficient (Wildman–Crippen LogP) is 4.91. The summed E-state index contributed by atoms with van der Waals surface area (Å²) in [5.74, 6) is 1.34. The lowest BCUT2D eigenvalue weighted by Crippen LogP contribution is -2.15. The molecule has 0 unspecified atom stereocenters. The maximum atomic E-state index is 10.2. The van der Waals surface area contributed by atoms with Gasteiger partial charge in [-0.05, 0) is 79.7 Å². The molecule has 2 nitrogen and oxygen atoms in total. The van der Waals surface area contributed by atoms with Crippen molar-refractivity contribution in [1.29, 1.82) is 5.26 Å². The van der Waals surface area contributed by atoms with Crippen LogP contribution >= 0.6 is 0 Å². The molecule has 1 aromatic rings. The van der Waals surface area contributed by atoms with E-state index < -0.39 is 0 Å². The number of nitrogens with zero attached hydrogens (tertiary/aromatic N) is 1. The molecule has 0 aromatic heterocycles. The fourth-order valence-electron chi connectivity index (χ4n) is 3.28. The number of hydrogen-bond donors (Lipinski definition) is 0. The Kier molecular flexibility index (Phi) is 6.15. The van der Waals surface area contributed by atoms with E-state index in [0.29, 0.717) is 11.5 Å². The number of allylic oxidation sites excluding steroid dienone is 3. The third kappa shape index (κ3) is 4.43. The topological polar surface area (TPSA) is 40.9 Å². The van der Waals surface area contributed by atoms with Crippen molar-refractivity contribution in [3.8, 4) is 6.07 Å². The van der Waals surface area contributed by atoms with Gasteiger partial charge in [-0.15, -0.1) is 0 Å². The van der Waals surface area contributed by atoms with Crippen LogP contribution in [0.15, 0.2) is 43.0 Å². The molecule has 0 N–H and O–H groups in total. The summed E-state index contributed by atoms with van der Waals surface area (Å²) in [6.45, 7) is 4.28. The van der Waals surface area contributed by atoms with Crippen LogP contribution in [0.5, 0.6) is 0 Å². The lowest BCUT2D eigenvalue weighted by Gasteiger charge is -2.29. The first kappa shape index (κ1) is 16.2. The Bertz CT molecular complexity index is 569. The lowest BCUT2D eigenvalue weighted by atomic mass is 9.76. The number of carbonyl (C=O) groups excluding carboxylic acids is 1. The maximum absolute atomic E-state index is 10.2.